The van der Waals surface area contributed by atoms with Gasteiger partial charge in [0.25, 0.3) is 5.56 Å². The highest BCUT2D eigenvalue weighted by Crippen LogP contribution is 2.36. The molecule has 6 nitrogen and oxygen atoms in total. The Bertz CT molecular complexity index is 1200. The van der Waals surface area contributed by atoms with Gasteiger partial charge < -0.3 is 10.3 Å². The van der Waals surface area contributed by atoms with Crippen LogP contribution in [0.4, 0.5) is 10.8 Å². The van der Waals surface area contributed by atoms with Gasteiger partial charge in [-0.25, -0.2) is 4.98 Å². The zero-order chi connectivity index (χ0) is 19.7. The number of benzene rings is 2. The molecule has 1 atom stereocenters. The van der Waals surface area contributed by atoms with E-state index in [9.17, 15) is 4.79 Å². The van der Waals surface area contributed by atoms with Gasteiger partial charge in [-0.1, -0.05) is 41.3 Å². The third kappa shape index (κ3) is 3.93. The van der Waals surface area contributed by atoms with Crippen molar-refractivity contribution < 1.29 is 0 Å². The number of fused-ring (bicyclic) bond motifs is 1. The molecule has 28 heavy (non-hydrogen) atoms. The molecule has 4 rings (SSSR count). The fraction of sp³-hybridized carbons (Fsp3) is 0.200. The summed E-state index contributed by atoms with van der Waals surface area (Å²) >= 11 is 3.00. The Kier molecular flexibility index (Phi) is 5.15. The predicted molar refractivity (Wildman–Crippen MR) is 116 cm³/mol. The van der Waals surface area contributed by atoms with Gasteiger partial charge in [0.15, 0.2) is 4.34 Å². The maximum absolute atomic E-state index is 12.3. The zero-order valence-electron chi connectivity index (χ0n) is 15.7. The molecule has 2 aromatic heterocycles. The molecule has 4 aromatic rings. The normalized spacial score (nSPS) is 12.2. The third-order valence-electron chi connectivity index (χ3n) is 4.46. The molecular formula is C20H19N5OS2. The lowest BCUT2D eigenvalue weighted by Crippen LogP contribution is -2.12. The molecule has 0 spiro atoms. The van der Waals surface area contributed by atoms with Crippen LogP contribution in [-0.2, 0) is 0 Å². The van der Waals surface area contributed by atoms with Crippen LogP contribution in [0.2, 0.25) is 0 Å². The van der Waals surface area contributed by atoms with E-state index in [1.807, 2.05) is 31.2 Å². The van der Waals surface area contributed by atoms with E-state index in [2.05, 4.69) is 51.5 Å². The van der Waals surface area contributed by atoms with Crippen LogP contribution in [0.3, 0.4) is 0 Å². The predicted octanol–water partition coefficient (Wildman–Crippen LogP) is 4.99. The minimum atomic E-state index is -0.123. The number of nitrogens with zero attached hydrogens (tertiary/aromatic N) is 3. The second kappa shape index (κ2) is 7.73. The molecule has 0 aliphatic carbocycles. The van der Waals surface area contributed by atoms with E-state index in [4.69, 9.17) is 0 Å². The fourth-order valence-electron chi connectivity index (χ4n) is 2.75. The van der Waals surface area contributed by atoms with E-state index in [1.165, 1.54) is 34.2 Å². The van der Waals surface area contributed by atoms with Crippen molar-refractivity contribution in [2.75, 3.05) is 5.32 Å². The van der Waals surface area contributed by atoms with E-state index in [-0.39, 0.29) is 10.8 Å². The van der Waals surface area contributed by atoms with Gasteiger partial charge in [0, 0.05) is 5.69 Å². The van der Waals surface area contributed by atoms with Crippen molar-refractivity contribution in [3.05, 3.63) is 69.8 Å². The molecular weight excluding hydrogens is 390 g/mol. The first-order valence-electron chi connectivity index (χ1n) is 8.83. The van der Waals surface area contributed by atoms with E-state index in [1.54, 1.807) is 6.07 Å². The van der Waals surface area contributed by atoms with Crippen LogP contribution in [0.15, 0.2) is 51.6 Å². The van der Waals surface area contributed by atoms with Crippen molar-refractivity contribution >= 4 is 44.8 Å². The van der Waals surface area contributed by atoms with Gasteiger partial charge in [-0.15, -0.1) is 10.2 Å². The Morgan fingerprint density at radius 3 is 2.75 bits per heavy atom. The lowest BCUT2D eigenvalue weighted by molar-refractivity contribution is 0.916. The molecule has 142 valence electrons. The molecule has 0 fully saturated rings. The van der Waals surface area contributed by atoms with Crippen molar-refractivity contribution in [2.24, 2.45) is 0 Å². The first-order chi connectivity index (χ1) is 13.5. The van der Waals surface area contributed by atoms with Crippen LogP contribution >= 0.6 is 23.1 Å². The number of aromatic nitrogens is 4. The van der Waals surface area contributed by atoms with Gasteiger partial charge in [-0.05, 0) is 56.2 Å². The largest absolute Gasteiger partial charge is 0.330 e. The van der Waals surface area contributed by atoms with E-state index in [0.717, 1.165) is 15.2 Å². The molecule has 0 aliphatic heterocycles. The molecule has 0 unspecified atom stereocenters. The molecule has 8 heteroatoms. The molecule has 2 aromatic carbocycles. The van der Waals surface area contributed by atoms with E-state index < -0.39 is 0 Å². The van der Waals surface area contributed by atoms with Gasteiger partial charge in [0.1, 0.15) is 5.82 Å². The highest BCUT2D eigenvalue weighted by molar-refractivity contribution is 8.01. The number of rotatable bonds is 5. The minimum absolute atomic E-state index is 0.0558. The number of aryl methyl sites for hydroxylation is 2. The Morgan fingerprint density at radius 1 is 1.11 bits per heavy atom. The summed E-state index contributed by atoms with van der Waals surface area (Å²) in [5.41, 5.74) is 4.05. The Hall–Kier alpha value is -2.71. The fourth-order valence-corrected chi connectivity index (χ4v) is 4.73. The van der Waals surface area contributed by atoms with Crippen LogP contribution in [0, 0.1) is 13.8 Å². The van der Waals surface area contributed by atoms with Crippen LogP contribution in [0.1, 0.15) is 29.1 Å². The molecule has 2 heterocycles. The summed E-state index contributed by atoms with van der Waals surface area (Å²) in [6, 6.07) is 13.5. The number of H-pyrrole nitrogens is 1. The first-order valence-corrected chi connectivity index (χ1v) is 10.5. The van der Waals surface area contributed by atoms with Crippen LogP contribution in [-0.4, -0.2) is 20.2 Å². The topological polar surface area (TPSA) is 83.6 Å². The van der Waals surface area contributed by atoms with Gasteiger partial charge in [0.05, 0.1) is 16.2 Å². The minimum Gasteiger partial charge on any atom is -0.330 e. The monoisotopic (exact) mass is 409 g/mol. The second-order valence-electron chi connectivity index (χ2n) is 6.53. The van der Waals surface area contributed by atoms with Gasteiger partial charge >= 0.3 is 0 Å². The van der Waals surface area contributed by atoms with E-state index in [0.29, 0.717) is 16.7 Å². The van der Waals surface area contributed by atoms with Crippen molar-refractivity contribution in [3.8, 4) is 0 Å². The molecule has 0 radical (unpaired) electrons. The Morgan fingerprint density at radius 2 is 1.93 bits per heavy atom. The standard InChI is InChI=1S/C20H19N5OS2/c1-11-8-9-14(10-12(11)2)21-19-24-25-20(28-19)27-13(3)17-22-16-7-5-4-6-15(16)18(26)23-17/h4-10,13H,1-3H3,(H,21,24)(H,22,23,26)/t13-/m0/s1. The molecule has 2 N–H and O–H groups in total. The van der Waals surface area contributed by atoms with Gasteiger partial charge in [-0.2, -0.15) is 0 Å². The Balaban J connectivity index is 1.50. The summed E-state index contributed by atoms with van der Waals surface area (Å²) in [6.07, 6.45) is 0. The number of thioether (sulfide) groups is 1. The summed E-state index contributed by atoms with van der Waals surface area (Å²) in [6.45, 7) is 6.17. The number of hydrogen-bond acceptors (Lipinski definition) is 7. The van der Waals surface area contributed by atoms with Crippen LogP contribution in [0.5, 0.6) is 0 Å². The number of aromatic amines is 1. The summed E-state index contributed by atoms with van der Waals surface area (Å²) in [5, 5.41) is 13.0. The molecule has 0 saturated carbocycles. The summed E-state index contributed by atoms with van der Waals surface area (Å²) in [4.78, 5) is 19.7. The number of hydrogen-bond donors (Lipinski definition) is 2. The molecule has 0 saturated heterocycles. The van der Waals surface area contributed by atoms with Crippen molar-refractivity contribution in [1.82, 2.24) is 20.2 Å². The second-order valence-corrected chi connectivity index (χ2v) is 9.09. The van der Waals surface area contributed by atoms with Crippen molar-refractivity contribution in [3.63, 3.8) is 0 Å². The zero-order valence-corrected chi connectivity index (χ0v) is 17.3. The number of nitrogens with one attached hydrogen (secondary N) is 2. The summed E-state index contributed by atoms with van der Waals surface area (Å²) in [7, 11) is 0. The molecule has 0 aliphatic rings. The van der Waals surface area contributed by atoms with E-state index >= 15 is 0 Å². The van der Waals surface area contributed by atoms with Crippen molar-refractivity contribution in [1.29, 1.82) is 0 Å². The lowest BCUT2D eigenvalue weighted by Gasteiger charge is -2.09. The average molecular weight is 410 g/mol. The van der Waals surface area contributed by atoms with Crippen molar-refractivity contribution in [2.45, 2.75) is 30.4 Å². The lowest BCUT2D eigenvalue weighted by atomic mass is 10.1. The van der Waals surface area contributed by atoms with Crippen LogP contribution < -0.4 is 10.9 Å². The van der Waals surface area contributed by atoms with Gasteiger partial charge in [0.2, 0.25) is 5.13 Å². The summed E-state index contributed by atoms with van der Waals surface area (Å²) in [5.74, 6) is 0.632. The summed E-state index contributed by atoms with van der Waals surface area (Å²) < 4.78 is 0.814. The highest BCUT2D eigenvalue weighted by Gasteiger charge is 2.15. The molecule has 0 bridgehead atoms. The SMILES string of the molecule is Cc1ccc(Nc2nnc(S[C@@H](C)c3nc4ccccc4c(=O)[nH]3)s2)cc1C. The van der Waals surface area contributed by atoms with Gasteiger partial charge in [-0.3, -0.25) is 4.79 Å². The quantitative estimate of drug-likeness (QED) is 0.452. The third-order valence-corrected chi connectivity index (χ3v) is 6.49. The molecule has 0 amide bonds. The highest BCUT2D eigenvalue weighted by atomic mass is 32.2. The maximum Gasteiger partial charge on any atom is 0.258 e. The smallest absolute Gasteiger partial charge is 0.258 e. The van der Waals surface area contributed by atoms with Crippen LogP contribution in [0.25, 0.3) is 10.9 Å². The maximum atomic E-state index is 12.3. The Labute approximate surface area is 170 Å². The number of anilines is 2. The average Bonchev–Trinajstić information content (AvgIpc) is 3.11. The number of para-hydroxylation sites is 1. The first kappa shape index (κ1) is 18.6.